The topological polar surface area (TPSA) is 41.6 Å². The van der Waals surface area contributed by atoms with Crippen LogP contribution in [-0.4, -0.2) is 49.7 Å². The predicted octanol–water partition coefficient (Wildman–Crippen LogP) is 1.26. The van der Waals surface area contributed by atoms with Gasteiger partial charge in [0.1, 0.15) is 5.54 Å². The van der Waals surface area contributed by atoms with Crippen molar-refractivity contribution in [2.75, 3.05) is 33.3 Å². The van der Waals surface area contributed by atoms with Gasteiger partial charge < -0.3 is 10.1 Å². The SMILES string of the molecule is COC(=O)C(C)(CCC(C)C)N1CCNCC1. The molecule has 1 unspecified atom stereocenters. The summed E-state index contributed by atoms with van der Waals surface area (Å²) in [5, 5.41) is 3.31. The maximum Gasteiger partial charge on any atom is 0.325 e. The van der Waals surface area contributed by atoms with Crippen LogP contribution in [0.25, 0.3) is 0 Å². The van der Waals surface area contributed by atoms with Gasteiger partial charge in [-0.25, -0.2) is 0 Å². The first-order valence-electron chi connectivity index (χ1n) is 6.55. The zero-order valence-electron chi connectivity index (χ0n) is 11.6. The Morgan fingerprint density at radius 1 is 1.41 bits per heavy atom. The third kappa shape index (κ3) is 3.68. The van der Waals surface area contributed by atoms with Crippen molar-refractivity contribution < 1.29 is 9.53 Å². The van der Waals surface area contributed by atoms with E-state index in [0.29, 0.717) is 5.92 Å². The van der Waals surface area contributed by atoms with Crippen LogP contribution in [0.4, 0.5) is 0 Å². The normalized spacial score (nSPS) is 21.2. The quantitative estimate of drug-likeness (QED) is 0.737. The lowest BCUT2D eigenvalue weighted by Crippen LogP contribution is -2.59. The number of ether oxygens (including phenoxy) is 1. The Balaban J connectivity index is 2.72. The molecule has 0 spiro atoms. The van der Waals surface area contributed by atoms with Crippen LogP contribution >= 0.6 is 0 Å². The summed E-state index contributed by atoms with van der Waals surface area (Å²) in [6, 6.07) is 0. The van der Waals surface area contributed by atoms with Crippen LogP contribution in [0.2, 0.25) is 0 Å². The monoisotopic (exact) mass is 242 g/mol. The highest BCUT2D eigenvalue weighted by atomic mass is 16.5. The van der Waals surface area contributed by atoms with E-state index in [9.17, 15) is 4.79 Å². The van der Waals surface area contributed by atoms with E-state index < -0.39 is 5.54 Å². The van der Waals surface area contributed by atoms with Crippen molar-refractivity contribution in [3.8, 4) is 0 Å². The van der Waals surface area contributed by atoms with E-state index in [-0.39, 0.29) is 5.97 Å². The standard InChI is InChI=1S/C13H26N2O2/c1-11(2)5-6-13(3,12(16)17-4)15-9-7-14-8-10-15/h11,14H,5-10H2,1-4H3. The minimum atomic E-state index is -0.457. The van der Waals surface area contributed by atoms with Gasteiger partial charge in [0, 0.05) is 26.2 Å². The van der Waals surface area contributed by atoms with Crippen LogP contribution in [0.1, 0.15) is 33.6 Å². The molecule has 0 aromatic rings. The number of rotatable bonds is 5. The summed E-state index contributed by atoms with van der Waals surface area (Å²) in [6.45, 7) is 10.1. The molecule has 0 aliphatic carbocycles. The van der Waals surface area contributed by atoms with Crippen LogP contribution in [0.15, 0.2) is 0 Å². The zero-order chi connectivity index (χ0) is 12.9. The lowest BCUT2D eigenvalue weighted by atomic mass is 9.89. The van der Waals surface area contributed by atoms with Crippen LogP contribution in [-0.2, 0) is 9.53 Å². The number of nitrogens with one attached hydrogen (secondary N) is 1. The van der Waals surface area contributed by atoms with E-state index in [1.807, 2.05) is 6.92 Å². The smallest absolute Gasteiger partial charge is 0.325 e. The fourth-order valence-corrected chi connectivity index (χ4v) is 2.34. The number of methoxy groups -OCH3 is 1. The van der Waals surface area contributed by atoms with Gasteiger partial charge >= 0.3 is 5.97 Å². The van der Waals surface area contributed by atoms with Crippen molar-refractivity contribution in [2.24, 2.45) is 5.92 Å². The van der Waals surface area contributed by atoms with E-state index in [0.717, 1.165) is 39.0 Å². The molecule has 1 heterocycles. The highest BCUT2D eigenvalue weighted by molar-refractivity contribution is 5.80. The highest BCUT2D eigenvalue weighted by Gasteiger charge is 2.40. The summed E-state index contributed by atoms with van der Waals surface area (Å²) in [5.41, 5.74) is -0.457. The molecule has 17 heavy (non-hydrogen) atoms. The fraction of sp³-hybridized carbons (Fsp3) is 0.923. The highest BCUT2D eigenvalue weighted by Crippen LogP contribution is 2.25. The van der Waals surface area contributed by atoms with Gasteiger partial charge in [0.05, 0.1) is 7.11 Å². The molecule has 0 saturated carbocycles. The number of carbonyl (C=O) groups is 1. The number of piperazine rings is 1. The average Bonchev–Trinajstić information content (AvgIpc) is 2.36. The number of hydrogen-bond donors (Lipinski definition) is 1. The Morgan fingerprint density at radius 3 is 2.47 bits per heavy atom. The van der Waals surface area contributed by atoms with E-state index in [4.69, 9.17) is 4.74 Å². The van der Waals surface area contributed by atoms with Gasteiger partial charge in [-0.3, -0.25) is 9.69 Å². The molecule has 4 nitrogen and oxygen atoms in total. The van der Waals surface area contributed by atoms with E-state index >= 15 is 0 Å². The van der Waals surface area contributed by atoms with Crippen LogP contribution in [0.3, 0.4) is 0 Å². The second kappa shape index (κ2) is 6.36. The molecule has 1 fully saturated rings. The van der Waals surface area contributed by atoms with Crippen molar-refractivity contribution in [1.29, 1.82) is 0 Å². The molecular weight excluding hydrogens is 216 g/mol. The minimum absolute atomic E-state index is 0.0972. The molecule has 0 aromatic heterocycles. The number of hydrogen-bond acceptors (Lipinski definition) is 4. The van der Waals surface area contributed by atoms with Gasteiger partial charge in [0.25, 0.3) is 0 Å². The maximum absolute atomic E-state index is 12.1. The van der Waals surface area contributed by atoms with Gasteiger partial charge in [-0.1, -0.05) is 13.8 Å². The van der Waals surface area contributed by atoms with Crippen LogP contribution in [0, 0.1) is 5.92 Å². The molecule has 100 valence electrons. The van der Waals surface area contributed by atoms with Crippen LogP contribution < -0.4 is 5.32 Å². The van der Waals surface area contributed by atoms with Crippen molar-refractivity contribution >= 4 is 5.97 Å². The molecule has 1 atom stereocenters. The average molecular weight is 242 g/mol. The summed E-state index contributed by atoms with van der Waals surface area (Å²) in [4.78, 5) is 14.3. The maximum atomic E-state index is 12.1. The fourth-order valence-electron chi connectivity index (χ4n) is 2.34. The largest absolute Gasteiger partial charge is 0.468 e. The van der Waals surface area contributed by atoms with Crippen molar-refractivity contribution in [3.05, 3.63) is 0 Å². The molecule has 4 heteroatoms. The van der Waals surface area contributed by atoms with Gasteiger partial charge in [0.2, 0.25) is 0 Å². The Labute approximate surface area is 105 Å². The molecule has 1 aliphatic heterocycles. The molecule has 0 radical (unpaired) electrons. The molecule has 1 rings (SSSR count). The Bertz CT molecular complexity index is 250. The van der Waals surface area contributed by atoms with Gasteiger partial charge in [-0.15, -0.1) is 0 Å². The lowest BCUT2D eigenvalue weighted by molar-refractivity contribution is -0.155. The second-order valence-corrected chi connectivity index (χ2v) is 5.44. The van der Waals surface area contributed by atoms with E-state index in [1.54, 1.807) is 0 Å². The molecule has 1 saturated heterocycles. The van der Waals surface area contributed by atoms with Gasteiger partial charge in [-0.2, -0.15) is 0 Å². The van der Waals surface area contributed by atoms with Crippen LogP contribution in [0.5, 0.6) is 0 Å². The van der Waals surface area contributed by atoms with Crippen molar-refractivity contribution in [2.45, 2.75) is 39.2 Å². The number of carbonyl (C=O) groups excluding carboxylic acids is 1. The second-order valence-electron chi connectivity index (χ2n) is 5.44. The van der Waals surface area contributed by atoms with Gasteiger partial charge in [-0.05, 0) is 25.7 Å². The summed E-state index contributed by atoms with van der Waals surface area (Å²) in [6.07, 6.45) is 1.92. The number of nitrogens with zero attached hydrogens (tertiary/aromatic N) is 1. The van der Waals surface area contributed by atoms with Crippen molar-refractivity contribution in [3.63, 3.8) is 0 Å². The predicted molar refractivity (Wildman–Crippen MR) is 68.9 cm³/mol. The Hall–Kier alpha value is -0.610. The third-order valence-corrected chi connectivity index (χ3v) is 3.65. The first-order valence-corrected chi connectivity index (χ1v) is 6.55. The summed E-state index contributed by atoms with van der Waals surface area (Å²) in [7, 11) is 1.48. The summed E-state index contributed by atoms with van der Waals surface area (Å²) in [5.74, 6) is 0.516. The van der Waals surface area contributed by atoms with Gasteiger partial charge in [0.15, 0.2) is 0 Å². The minimum Gasteiger partial charge on any atom is -0.468 e. The zero-order valence-corrected chi connectivity index (χ0v) is 11.6. The Morgan fingerprint density at radius 2 is 2.00 bits per heavy atom. The molecule has 0 amide bonds. The molecule has 1 aliphatic rings. The Kier molecular flexibility index (Phi) is 5.40. The first kappa shape index (κ1) is 14.5. The number of esters is 1. The molecule has 0 aromatic carbocycles. The van der Waals surface area contributed by atoms with E-state index in [1.165, 1.54) is 7.11 Å². The van der Waals surface area contributed by atoms with Crippen molar-refractivity contribution in [1.82, 2.24) is 10.2 Å². The lowest BCUT2D eigenvalue weighted by Gasteiger charge is -2.41. The molecule has 0 bridgehead atoms. The first-order chi connectivity index (χ1) is 8.00. The summed E-state index contributed by atoms with van der Waals surface area (Å²) < 4.78 is 5.00. The van der Waals surface area contributed by atoms with E-state index in [2.05, 4.69) is 24.1 Å². The molecular formula is C13H26N2O2. The summed E-state index contributed by atoms with van der Waals surface area (Å²) >= 11 is 0. The molecule has 1 N–H and O–H groups in total. The third-order valence-electron chi connectivity index (χ3n) is 3.65.